The maximum Gasteiger partial charge on any atom is 0.508 e. The summed E-state index contributed by atoms with van der Waals surface area (Å²) in [6.45, 7) is 7.83. The largest absolute Gasteiger partial charge is 0.508 e. The molecule has 0 saturated heterocycles. The van der Waals surface area contributed by atoms with Gasteiger partial charge in [0, 0.05) is 0 Å². The van der Waals surface area contributed by atoms with E-state index in [2.05, 4.69) is 32.9 Å². The van der Waals surface area contributed by atoms with Crippen LogP contribution in [0.15, 0.2) is 12.2 Å². The first kappa shape index (κ1) is 33.0. The minimum atomic E-state index is -0.487. The van der Waals surface area contributed by atoms with Crippen molar-refractivity contribution in [1.82, 2.24) is 0 Å². The Labute approximate surface area is 213 Å². The molecule has 0 unspecified atom stereocenters. The molecule has 0 spiro atoms. The molecule has 0 aliphatic carbocycles. The van der Waals surface area contributed by atoms with Gasteiger partial charge >= 0.3 is 6.16 Å². The Morgan fingerprint density at radius 3 is 1.38 bits per heavy atom. The third-order valence-corrected chi connectivity index (χ3v) is 6.52. The van der Waals surface area contributed by atoms with Crippen molar-refractivity contribution in [2.75, 3.05) is 13.2 Å². The molecule has 0 rings (SSSR count). The number of unbranched alkanes of at least 4 members (excludes halogenated alkanes) is 18. The van der Waals surface area contributed by atoms with Crippen LogP contribution in [0.1, 0.15) is 162 Å². The Morgan fingerprint density at radius 2 is 0.941 bits per heavy atom. The van der Waals surface area contributed by atoms with Gasteiger partial charge < -0.3 is 9.47 Å². The van der Waals surface area contributed by atoms with E-state index in [1.165, 1.54) is 116 Å². The van der Waals surface area contributed by atoms with E-state index < -0.39 is 6.16 Å². The average molecular weight is 481 g/mol. The zero-order chi connectivity index (χ0) is 25.0. The van der Waals surface area contributed by atoms with Gasteiger partial charge in [-0.15, -0.1) is 0 Å². The summed E-state index contributed by atoms with van der Waals surface area (Å²) in [5, 5.41) is 0. The van der Waals surface area contributed by atoms with Gasteiger partial charge in [-0.1, -0.05) is 136 Å². The molecule has 0 atom stereocenters. The van der Waals surface area contributed by atoms with Crippen molar-refractivity contribution in [1.29, 1.82) is 0 Å². The molecule has 0 aliphatic rings. The molecule has 0 bridgehead atoms. The summed E-state index contributed by atoms with van der Waals surface area (Å²) in [7, 11) is 0. The second-order valence-electron chi connectivity index (χ2n) is 10.5. The van der Waals surface area contributed by atoms with Crippen molar-refractivity contribution >= 4 is 6.16 Å². The van der Waals surface area contributed by atoms with Gasteiger partial charge in [-0.3, -0.25) is 0 Å². The first-order chi connectivity index (χ1) is 16.7. The lowest BCUT2D eigenvalue weighted by Crippen LogP contribution is -2.09. The Kier molecular flexibility index (Phi) is 27.4. The van der Waals surface area contributed by atoms with Crippen LogP contribution in [0.5, 0.6) is 0 Å². The quantitative estimate of drug-likeness (QED) is 0.0701. The van der Waals surface area contributed by atoms with E-state index in [4.69, 9.17) is 9.47 Å². The van der Waals surface area contributed by atoms with Crippen LogP contribution in [0.2, 0.25) is 0 Å². The molecule has 202 valence electrons. The summed E-state index contributed by atoms with van der Waals surface area (Å²) in [5.74, 6) is 0.805. The third-order valence-electron chi connectivity index (χ3n) is 6.52. The fraction of sp³-hybridized carbons (Fsp3) is 0.903. The fourth-order valence-corrected chi connectivity index (χ4v) is 4.24. The molecule has 0 aliphatic heterocycles. The standard InChI is InChI=1S/C31H60O3/c1-4-5-6-7-8-9-10-11-12-13-14-15-16-17-18-19-22-25-28-33-31(32)34-29-26-23-20-21-24-27-30(2)3/h13-14,30H,4-12,15-29H2,1-3H3. The predicted molar refractivity (Wildman–Crippen MR) is 149 cm³/mol. The van der Waals surface area contributed by atoms with Crippen LogP contribution in [0, 0.1) is 5.92 Å². The van der Waals surface area contributed by atoms with Gasteiger partial charge in [-0.25, -0.2) is 4.79 Å². The lowest BCUT2D eigenvalue weighted by Gasteiger charge is -2.07. The first-order valence-electron chi connectivity index (χ1n) is 15.1. The van der Waals surface area contributed by atoms with Crippen molar-refractivity contribution < 1.29 is 14.3 Å². The smallest absolute Gasteiger partial charge is 0.434 e. The molecule has 3 heteroatoms. The highest BCUT2D eigenvalue weighted by Crippen LogP contribution is 2.12. The molecular formula is C31H60O3. The molecule has 0 aromatic heterocycles. The zero-order valence-electron chi connectivity index (χ0n) is 23.4. The molecule has 0 aromatic carbocycles. The van der Waals surface area contributed by atoms with Gasteiger partial charge in [0.25, 0.3) is 0 Å². The molecular weight excluding hydrogens is 420 g/mol. The SMILES string of the molecule is CCCCCCCCCCC=CCCCCCCCCOC(=O)OCCCCCCCC(C)C. The van der Waals surface area contributed by atoms with E-state index in [0.29, 0.717) is 13.2 Å². The second kappa shape index (κ2) is 28.2. The van der Waals surface area contributed by atoms with E-state index in [1.54, 1.807) is 0 Å². The highest BCUT2D eigenvalue weighted by Gasteiger charge is 2.03. The van der Waals surface area contributed by atoms with Gasteiger partial charge in [-0.05, 0) is 44.4 Å². The molecule has 0 saturated carbocycles. The molecule has 34 heavy (non-hydrogen) atoms. The summed E-state index contributed by atoms with van der Waals surface area (Å²) in [4.78, 5) is 11.6. The minimum absolute atomic E-state index is 0.487. The van der Waals surface area contributed by atoms with Gasteiger partial charge in [0.15, 0.2) is 0 Å². The first-order valence-corrected chi connectivity index (χ1v) is 15.1. The molecule has 3 nitrogen and oxygen atoms in total. The Balaban J connectivity index is 3.20. The minimum Gasteiger partial charge on any atom is -0.434 e. The van der Waals surface area contributed by atoms with Crippen LogP contribution >= 0.6 is 0 Å². The molecule has 0 radical (unpaired) electrons. The van der Waals surface area contributed by atoms with Crippen LogP contribution in [-0.4, -0.2) is 19.4 Å². The molecule has 0 N–H and O–H groups in total. The van der Waals surface area contributed by atoms with Crippen LogP contribution < -0.4 is 0 Å². The summed E-state index contributed by atoms with van der Waals surface area (Å²) >= 11 is 0. The van der Waals surface area contributed by atoms with Gasteiger partial charge in [0.2, 0.25) is 0 Å². The van der Waals surface area contributed by atoms with Crippen molar-refractivity contribution in [3.63, 3.8) is 0 Å². The molecule has 0 fully saturated rings. The van der Waals surface area contributed by atoms with E-state index in [1.807, 2.05) is 0 Å². The van der Waals surface area contributed by atoms with E-state index in [-0.39, 0.29) is 0 Å². The fourth-order valence-electron chi connectivity index (χ4n) is 4.24. The third kappa shape index (κ3) is 29.0. The van der Waals surface area contributed by atoms with Crippen molar-refractivity contribution in [2.24, 2.45) is 5.92 Å². The highest BCUT2D eigenvalue weighted by molar-refractivity contribution is 5.59. The number of rotatable bonds is 26. The van der Waals surface area contributed by atoms with Gasteiger partial charge in [0.1, 0.15) is 0 Å². The summed E-state index contributed by atoms with van der Waals surface area (Å²) in [6, 6.07) is 0. The monoisotopic (exact) mass is 480 g/mol. The van der Waals surface area contributed by atoms with E-state index >= 15 is 0 Å². The van der Waals surface area contributed by atoms with Crippen LogP contribution in [0.3, 0.4) is 0 Å². The van der Waals surface area contributed by atoms with Gasteiger partial charge in [-0.2, -0.15) is 0 Å². The molecule has 0 aromatic rings. The molecule has 0 amide bonds. The zero-order valence-corrected chi connectivity index (χ0v) is 23.4. The average Bonchev–Trinajstić information content (AvgIpc) is 2.82. The van der Waals surface area contributed by atoms with Crippen molar-refractivity contribution in [3.8, 4) is 0 Å². The lowest BCUT2D eigenvalue weighted by atomic mass is 10.0. The number of ether oxygens (including phenoxy) is 2. The summed E-state index contributed by atoms with van der Waals surface area (Å²) in [6.07, 6.45) is 32.5. The Morgan fingerprint density at radius 1 is 0.559 bits per heavy atom. The normalized spacial score (nSPS) is 11.5. The highest BCUT2D eigenvalue weighted by atomic mass is 16.7. The topological polar surface area (TPSA) is 35.5 Å². The lowest BCUT2D eigenvalue weighted by molar-refractivity contribution is 0.0529. The second-order valence-corrected chi connectivity index (χ2v) is 10.5. The maximum atomic E-state index is 11.6. The number of carbonyl (C=O) groups excluding carboxylic acids is 1. The number of allylic oxidation sites excluding steroid dienone is 2. The summed E-state index contributed by atoms with van der Waals surface area (Å²) < 4.78 is 10.3. The number of hydrogen-bond donors (Lipinski definition) is 0. The Hall–Kier alpha value is -0.990. The van der Waals surface area contributed by atoms with E-state index in [0.717, 1.165) is 31.6 Å². The number of carbonyl (C=O) groups is 1. The number of hydrogen-bond acceptors (Lipinski definition) is 3. The predicted octanol–water partition coefficient (Wildman–Crippen LogP) is 11.0. The van der Waals surface area contributed by atoms with Crippen LogP contribution in [-0.2, 0) is 9.47 Å². The molecule has 0 heterocycles. The van der Waals surface area contributed by atoms with Gasteiger partial charge in [0.05, 0.1) is 13.2 Å². The van der Waals surface area contributed by atoms with Crippen LogP contribution in [0.4, 0.5) is 4.79 Å². The van der Waals surface area contributed by atoms with Crippen molar-refractivity contribution in [2.45, 2.75) is 162 Å². The van der Waals surface area contributed by atoms with Crippen LogP contribution in [0.25, 0.3) is 0 Å². The Bertz CT molecular complexity index is 430. The van der Waals surface area contributed by atoms with Crippen molar-refractivity contribution in [3.05, 3.63) is 12.2 Å². The summed E-state index contributed by atoms with van der Waals surface area (Å²) in [5.41, 5.74) is 0. The maximum absolute atomic E-state index is 11.6. The van der Waals surface area contributed by atoms with E-state index in [9.17, 15) is 4.79 Å².